The van der Waals surface area contributed by atoms with Crippen molar-refractivity contribution in [1.82, 2.24) is 19.7 Å². The van der Waals surface area contributed by atoms with Gasteiger partial charge in [0.15, 0.2) is 11.0 Å². The quantitative estimate of drug-likeness (QED) is 0.498. The van der Waals surface area contributed by atoms with Crippen molar-refractivity contribution in [3.63, 3.8) is 0 Å². The van der Waals surface area contributed by atoms with Crippen LogP contribution in [0.2, 0.25) is 0 Å². The SMILES string of the molecule is Cn1c(SCCCCl)nnc1-c1cccc(C(N)=O)n1. The number of hydrogen-bond donors (Lipinski definition) is 1. The minimum Gasteiger partial charge on any atom is -0.364 e. The molecule has 0 bridgehead atoms. The first-order valence-corrected chi connectivity index (χ1v) is 7.51. The molecule has 6 nitrogen and oxygen atoms in total. The highest BCUT2D eigenvalue weighted by molar-refractivity contribution is 7.99. The second kappa shape index (κ2) is 6.71. The third-order valence-electron chi connectivity index (χ3n) is 2.57. The van der Waals surface area contributed by atoms with Crippen molar-refractivity contribution in [2.24, 2.45) is 12.8 Å². The van der Waals surface area contributed by atoms with Gasteiger partial charge in [0.05, 0.1) is 0 Å². The van der Waals surface area contributed by atoms with Crippen LogP contribution in [0.25, 0.3) is 11.5 Å². The first kappa shape index (κ1) is 14.8. The standard InChI is InChI=1S/C12H14ClN5OS/c1-18-11(16-17-12(18)20-7-3-6-13)9-5-2-4-8(15-9)10(14)19/h2,4-5H,3,6-7H2,1H3,(H2,14,19). The smallest absolute Gasteiger partial charge is 0.267 e. The van der Waals surface area contributed by atoms with E-state index in [9.17, 15) is 4.79 Å². The van der Waals surface area contributed by atoms with Gasteiger partial charge in [0.2, 0.25) is 0 Å². The molecule has 2 aromatic heterocycles. The van der Waals surface area contributed by atoms with Crippen molar-refractivity contribution in [1.29, 1.82) is 0 Å². The van der Waals surface area contributed by atoms with Gasteiger partial charge >= 0.3 is 0 Å². The van der Waals surface area contributed by atoms with Gasteiger partial charge in [-0.15, -0.1) is 21.8 Å². The lowest BCUT2D eigenvalue weighted by molar-refractivity contribution is 0.0995. The highest BCUT2D eigenvalue weighted by Gasteiger charge is 2.13. The lowest BCUT2D eigenvalue weighted by Gasteiger charge is -2.03. The maximum atomic E-state index is 11.1. The fourth-order valence-corrected chi connectivity index (χ4v) is 2.72. The number of amides is 1. The molecular weight excluding hydrogens is 298 g/mol. The number of nitrogens with zero attached hydrogens (tertiary/aromatic N) is 4. The number of primary amides is 1. The highest BCUT2D eigenvalue weighted by Crippen LogP contribution is 2.22. The summed E-state index contributed by atoms with van der Waals surface area (Å²) < 4.78 is 1.84. The molecule has 0 spiro atoms. The number of hydrogen-bond acceptors (Lipinski definition) is 5. The molecule has 1 amide bonds. The van der Waals surface area contributed by atoms with Crippen LogP contribution < -0.4 is 5.73 Å². The van der Waals surface area contributed by atoms with Gasteiger partial charge in [0.25, 0.3) is 5.91 Å². The van der Waals surface area contributed by atoms with E-state index in [-0.39, 0.29) is 5.69 Å². The van der Waals surface area contributed by atoms with E-state index in [0.29, 0.717) is 17.4 Å². The van der Waals surface area contributed by atoms with Crippen molar-refractivity contribution in [3.05, 3.63) is 23.9 Å². The Labute approximate surface area is 125 Å². The molecule has 0 aliphatic rings. The highest BCUT2D eigenvalue weighted by atomic mass is 35.5. The van der Waals surface area contributed by atoms with Gasteiger partial charge in [-0.1, -0.05) is 17.8 Å². The monoisotopic (exact) mass is 311 g/mol. The van der Waals surface area contributed by atoms with Crippen LogP contribution in [0.5, 0.6) is 0 Å². The van der Waals surface area contributed by atoms with E-state index in [2.05, 4.69) is 15.2 Å². The number of pyridine rings is 1. The van der Waals surface area contributed by atoms with E-state index in [1.165, 1.54) is 0 Å². The maximum Gasteiger partial charge on any atom is 0.267 e. The molecule has 2 aromatic rings. The van der Waals surface area contributed by atoms with Crippen LogP contribution in [0.4, 0.5) is 0 Å². The summed E-state index contributed by atoms with van der Waals surface area (Å²) in [5.74, 6) is 1.54. The van der Waals surface area contributed by atoms with E-state index < -0.39 is 5.91 Å². The van der Waals surface area contributed by atoms with E-state index >= 15 is 0 Å². The molecule has 0 aromatic carbocycles. The Morgan fingerprint density at radius 2 is 2.25 bits per heavy atom. The van der Waals surface area contributed by atoms with Crippen molar-refractivity contribution in [3.8, 4) is 11.5 Å². The molecule has 20 heavy (non-hydrogen) atoms. The molecule has 2 heterocycles. The number of rotatable bonds is 6. The fourth-order valence-electron chi connectivity index (χ4n) is 1.58. The Bertz CT molecular complexity index is 616. The zero-order valence-corrected chi connectivity index (χ0v) is 12.5. The van der Waals surface area contributed by atoms with Gasteiger partial charge in [-0.25, -0.2) is 4.98 Å². The molecule has 0 fully saturated rings. The largest absolute Gasteiger partial charge is 0.364 e. The third-order valence-corrected chi connectivity index (χ3v) is 3.95. The summed E-state index contributed by atoms with van der Waals surface area (Å²) in [6, 6.07) is 5.05. The minimum absolute atomic E-state index is 0.210. The van der Waals surface area contributed by atoms with Gasteiger partial charge in [-0.05, 0) is 18.6 Å². The van der Waals surface area contributed by atoms with Gasteiger partial charge in [-0.2, -0.15) is 0 Å². The summed E-state index contributed by atoms with van der Waals surface area (Å²) in [4.78, 5) is 15.3. The molecular formula is C12H14ClN5OS. The van der Waals surface area contributed by atoms with Crippen LogP contribution in [-0.4, -0.2) is 37.3 Å². The number of carbonyl (C=O) groups excluding carboxylic acids is 1. The summed E-state index contributed by atoms with van der Waals surface area (Å²) >= 11 is 7.23. The van der Waals surface area contributed by atoms with Crippen LogP contribution in [-0.2, 0) is 7.05 Å². The molecule has 0 saturated heterocycles. The summed E-state index contributed by atoms with van der Waals surface area (Å²) in [5.41, 5.74) is 6.00. The van der Waals surface area contributed by atoms with Crippen LogP contribution in [0.3, 0.4) is 0 Å². The molecule has 106 valence electrons. The molecule has 0 atom stereocenters. The van der Waals surface area contributed by atoms with Crippen LogP contribution in [0, 0.1) is 0 Å². The predicted molar refractivity (Wildman–Crippen MR) is 78.8 cm³/mol. The minimum atomic E-state index is -0.564. The fraction of sp³-hybridized carbons (Fsp3) is 0.333. The Morgan fingerprint density at radius 1 is 1.45 bits per heavy atom. The summed E-state index contributed by atoms with van der Waals surface area (Å²) in [6.45, 7) is 0. The first-order chi connectivity index (χ1) is 9.63. The second-order valence-corrected chi connectivity index (χ2v) is 5.47. The number of nitrogens with two attached hydrogens (primary N) is 1. The summed E-state index contributed by atoms with van der Waals surface area (Å²) in [6.07, 6.45) is 0.907. The number of thioether (sulfide) groups is 1. The average Bonchev–Trinajstić information content (AvgIpc) is 2.81. The molecule has 0 radical (unpaired) electrons. The zero-order valence-electron chi connectivity index (χ0n) is 10.9. The zero-order chi connectivity index (χ0) is 14.5. The third kappa shape index (κ3) is 3.29. The average molecular weight is 312 g/mol. The second-order valence-electron chi connectivity index (χ2n) is 4.03. The summed E-state index contributed by atoms with van der Waals surface area (Å²) in [5, 5.41) is 9.01. The molecule has 8 heteroatoms. The van der Waals surface area contributed by atoms with Gasteiger partial charge < -0.3 is 10.3 Å². The normalized spacial score (nSPS) is 10.7. The lowest BCUT2D eigenvalue weighted by Crippen LogP contribution is -2.13. The van der Waals surface area contributed by atoms with Gasteiger partial charge in [-0.3, -0.25) is 4.79 Å². The van der Waals surface area contributed by atoms with Crippen LogP contribution in [0.15, 0.2) is 23.4 Å². The van der Waals surface area contributed by atoms with Gasteiger partial charge in [0.1, 0.15) is 11.4 Å². The Kier molecular flexibility index (Phi) is 4.97. The number of aromatic nitrogens is 4. The van der Waals surface area contributed by atoms with E-state index in [4.69, 9.17) is 17.3 Å². The molecule has 0 aliphatic heterocycles. The lowest BCUT2D eigenvalue weighted by atomic mass is 10.3. The number of carbonyl (C=O) groups is 1. The number of alkyl halides is 1. The molecule has 0 aliphatic carbocycles. The first-order valence-electron chi connectivity index (χ1n) is 5.99. The van der Waals surface area contributed by atoms with E-state index in [1.807, 2.05) is 11.6 Å². The van der Waals surface area contributed by atoms with E-state index in [0.717, 1.165) is 17.3 Å². The van der Waals surface area contributed by atoms with Crippen molar-refractivity contribution >= 4 is 29.3 Å². The predicted octanol–water partition coefficient (Wildman–Crippen LogP) is 1.70. The molecule has 0 unspecified atom stereocenters. The topological polar surface area (TPSA) is 86.7 Å². The van der Waals surface area contributed by atoms with Gasteiger partial charge in [0, 0.05) is 18.7 Å². The molecule has 2 rings (SSSR count). The van der Waals surface area contributed by atoms with Crippen LogP contribution >= 0.6 is 23.4 Å². The summed E-state index contributed by atoms with van der Waals surface area (Å²) in [7, 11) is 1.86. The van der Waals surface area contributed by atoms with E-state index in [1.54, 1.807) is 30.0 Å². The van der Waals surface area contributed by atoms with Crippen molar-refractivity contribution in [2.75, 3.05) is 11.6 Å². The van der Waals surface area contributed by atoms with Crippen molar-refractivity contribution in [2.45, 2.75) is 11.6 Å². The maximum absolute atomic E-state index is 11.1. The Morgan fingerprint density at radius 3 is 2.95 bits per heavy atom. The van der Waals surface area contributed by atoms with Crippen molar-refractivity contribution < 1.29 is 4.79 Å². The van der Waals surface area contributed by atoms with Crippen LogP contribution in [0.1, 0.15) is 16.9 Å². The molecule has 2 N–H and O–H groups in total. The Hall–Kier alpha value is -1.60. The molecule has 0 saturated carbocycles. The Balaban J connectivity index is 2.25. The number of halogens is 1.